The molecular weight excluding hydrogens is 328 g/mol. The zero-order chi connectivity index (χ0) is 21.3. The highest BCUT2D eigenvalue weighted by Gasteiger charge is 1.96. The molecule has 0 fully saturated rings. The first kappa shape index (κ1) is 13.9. The molecule has 0 spiro atoms. The van der Waals surface area contributed by atoms with Crippen LogP contribution < -0.4 is 28.3 Å². The third kappa shape index (κ3) is 9.52. The standard InChI is InChI=1S/C15H25ClN8/c16-11-5-7-12(8-6-11)23-15(20)24-14(19)22-10-4-2-1-3-9-21-13(17)18/h5-8H,1-4,9-10H2,(H4,17,18,21)(H5,19,20,22,23,24)/i5D,6D,7D,8D. The molecule has 9 heteroatoms. The lowest BCUT2D eigenvalue weighted by Gasteiger charge is -2.05. The summed E-state index contributed by atoms with van der Waals surface area (Å²) in [5.74, 6) is -0.173. The van der Waals surface area contributed by atoms with E-state index in [1.54, 1.807) is 0 Å². The topological polar surface area (TPSA) is 153 Å². The number of halogens is 1. The van der Waals surface area contributed by atoms with Crippen LogP contribution in [0.4, 0.5) is 5.69 Å². The highest BCUT2D eigenvalue weighted by Crippen LogP contribution is 2.15. The molecule has 0 aromatic heterocycles. The Bertz CT molecular complexity index is 749. The molecule has 0 saturated heterocycles. The molecule has 0 bridgehead atoms. The summed E-state index contributed by atoms with van der Waals surface area (Å²) in [7, 11) is 0. The minimum atomic E-state index is -0.406. The van der Waals surface area contributed by atoms with Crippen LogP contribution in [0.1, 0.15) is 31.2 Å². The number of hydrogen-bond acceptors (Lipinski definition) is 2. The summed E-state index contributed by atoms with van der Waals surface area (Å²) in [4.78, 5) is 11.6. The van der Waals surface area contributed by atoms with Crippen LogP contribution in [0, 0.1) is 0 Å². The van der Waals surface area contributed by atoms with Gasteiger partial charge in [-0.25, -0.2) is 4.99 Å². The van der Waals surface area contributed by atoms with Crippen LogP contribution in [-0.2, 0) is 0 Å². The highest BCUT2D eigenvalue weighted by atomic mass is 35.5. The minimum Gasteiger partial charge on any atom is -0.370 e. The molecular formula is C15H25ClN8. The summed E-state index contributed by atoms with van der Waals surface area (Å²) in [5.41, 5.74) is 21.6. The van der Waals surface area contributed by atoms with E-state index in [0.717, 1.165) is 25.7 Å². The van der Waals surface area contributed by atoms with Crippen molar-refractivity contribution in [3.8, 4) is 0 Å². The molecule has 0 aliphatic carbocycles. The van der Waals surface area contributed by atoms with Gasteiger partial charge in [-0.2, -0.15) is 4.99 Å². The molecule has 0 atom stereocenters. The van der Waals surface area contributed by atoms with Crippen molar-refractivity contribution in [2.45, 2.75) is 25.7 Å². The van der Waals surface area contributed by atoms with Gasteiger partial charge in [0.25, 0.3) is 0 Å². The van der Waals surface area contributed by atoms with Crippen molar-refractivity contribution in [1.29, 1.82) is 0 Å². The largest absolute Gasteiger partial charge is 0.370 e. The molecule has 8 nitrogen and oxygen atoms in total. The Kier molecular flexibility index (Phi) is 6.44. The van der Waals surface area contributed by atoms with Crippen molar-refractivity contribution in [3.63, 3.8) is 0 Å². The van der Waals surface area contributed by atoms with Crippen LogP contribution in [0.5, 0.6) is 0 Å². The molecule has 1 aromatic rings. The van der Waals surface area contributed by atoms with Gasteiger partial charge in [0.2, 0.25) is 5.96 Å². The summed E-state index contributed by atoms with van der Waals surface area (Å²) in [6.45, 7) is 1.18. The van der Waals surface area contributed by atoms with Crippen LogP contribution in [0.15, 0.2) is 39.1 Å². The van der Waals surface area contributed by atoms with Gasteiger partial charge < -0.3 is 28.3 Å². The first-order valence-electron chi connectivity index (χ1n) is 9.38. The fourth-order valence-electron chi connectivity index (χ4n) is 1.66. The molecule has 0 radical (unpaired) electrons. The van der Waals surface area contributed by atoms with E-state index in [-0.39, 0.29) is 28.6 Å². The second-order valence-electron chi connectivity index (χ2n) is 4.78. The molecule has 9 N–H and O–H groups in total. The molecule has 1 rings (SSSR count). The van der Waals surface area contributed by atoms with E-state index in [2.05, 4.69) is 20.3 Å². The lowest BCUT2D eigenvalue weighted by atomic mass is 10.2. The molecule has 0 aliphatic heterocycles. The third-order valence-corrected chi connectivity index (χ3v) is 2.92. The molecule has 0 saturated carbocycles. The SMILES string of the molecule is [2H]c1c([2H])c(N=C(N)N=C(N)NCCCCCCN=C(N)N)c([2H])c([2H])c1Cl. The van der Waals surface area contributed by atoms with Gasteiger partial charge in [-0.3, -0.25) is 4.99 Å². The molecule has 1 aromatic carbocycles. The Morgan fingerprint density at radius 2 is 1.71 bits per heavy atom. The lowest BCUT2D eigenvalue weighted by molar-refractivity contribution is 0.636. The van der Waals surface area contributed by atoms with Gasteiger partial charge in [0.1, 0.15) is 0 Å². The maximum atomic E-state index is 7.82. The second kappa shape index (κ2) is 11.1. The van der Waals surface area contributed by atoms with Gasteiger partial charge >= 0.3 is 0 Å². The van der Waals surface area contributed by atoms with E-state index < -0.39 is 24.2 Å². The summed E-state index contributed by atoms with van der Waals surface area (Å²) >= 11 is 5.74. The number of guanidine groups is 3. The van der Waals surface area contributed by atoms with E-state index in [1.165, 1.54) is 0 Å². The van der Waals surface area contributed by atoms with Crippen LogP contribution in [-0.4, -0.2) is 31.0 Å². The van der Waals surface area contributed by atoms with Gasteiger partial charge in [-0.15, -0.1) is 0 Å². The smallest absolute Gasteiger partial charge is 0.223 e. The maximum absolute atomic E-state index is 7.82. The average molecular weight is 357 g/mol. The van der Waals surface area contributed by atoms with Gasteiger partial charge in [0, 0.05) is 18.1 Å². The number of nitrogens with zero attached hydrogens (tertiary/aromatic N) is 3. The van der Waals surface area contributed by atoms with E-state index >= 15 is 0 Å². The van der Waals surface area contributed by atoms with Crippen molar-refractivity contribution in [2.24, 2.45) is 37.9 Å². The van der Waals surface area contributed by atoms with Gasteiger partial charge in [0.05, 0.1) is 11.2 Å². The van der Waals surface area contributed by atoms with Gasteiger partial charge in [0.15, 0.2) is 11.9 Å². The summed E-state index contributed by atoms with van der Waals surface area (Å²) < 4.78 is 31.0. The Morgan fingerprint density at radius 3 is 2.38 bits per heavy atom. The molecule has 0 heterocycles. The Hall–Kier alpha value is -2.48. The van der Waals surface area contributed by atoms with Crippen molar-refractivity contribution in [3.05, 3.63) is 29.2 Å². The number of nitrogens with one attached hydrogen (secondary N) is 1. The van der Waals surface area contributed by atoms with E-state index in [0.29, 0.717) is 13.1 Å². The summed E-state index contributed by atoms with van der Waals surface area (Å²) in [5, 5.41) is 2.60. The van der Waals surface area contributed by atoms with E-state index in [9.17, 15) is 0 Å². The number of benzene rings is 1. The minimum absolute atomic E-state index is 0.0333. The van der Waals surface area contributed by atoms with Crippen molar-refractivity contribution >= 4 is 35.2 Å². The van der Waals surface area contributed by atoms with Crippen LogP contribution in [0.2, 0.25) is 5.02 Å². The lowest BCUT2D eigenvalue weighted by Crippen LogP contribution is -2.34. The number of unbranched alkanes of at least 4 members (excludes halogenated alkanes) is 3. The van der Waals surface area contributed by atoms with E-state index in [4.69, 9.17) is 40.0 Å². The normalized spacial score (nSPS) is 14.4. The van der Waals surface area contributed by atoms with Gasteiger partial charge in [-0.05, 0) is 37.0 Å². The number of aliphatic imine (C=N–C) groups is 3. The monoisotopic (exact) mass is 356 g/mol. The molecule has 24 heavy (non-hydrogen) atoms. The summed E-state index contributed by atoms with van der Waals surface area (Å²) in [6.07, 6.45) is 3.67. The van der Waals surface area contributed by atoms with Crippen LogP contribution in [0.3, 0.4) is 0 Å². The quantitative estimate of drug-likeness (QED) is 0.267. The Labute approximate surface area is 152 Å². The van der Waals surface area contributed by atoms with Crippen LogP contribution >= 0.6 is 11.6 Å². The molecule has 0 unspecified atom stereocenters. The predicted octanol–water partition coefficient (Wildman–Crippen LogP) is 1.02. The fraction of sp³-hybridized carbons (Fsp3) is 0.400. The molecule has 0 aliphatic rings. The fourth-order valence-corrected chi connectivity index (χ4v) is 1.76. The van der Waals surface area contributed by atoms with Crippen molar-refractivity contribution in [2.75, 3.05) is 13.1 Å². The molecule has 0 amide bonds. The number of rotatable bonds is 8. The second-order valence-corrected chi connectivity index (χ2v) is 5.16. The third-order valence-electron chi connectivity index (χ3n) is 2.73. The Balaban J connectivity index is 2.58. The van der Waals surface area contributed by atoms with E-state index in [1.807, 2.05) is 0 Å². The molecule has 132 valence electrons. The first-order valence-corrected chi connectivity index (χ1v) is 7.76. The first-order chi connectivity index (χ1) is 13.1. The van der Waals surface area contributed by atoms with Crippen molar-refractivity contribution < 1.29 is 5.48 Å². The average Bonchev–Trinajstić information content (AvgIpc) is 2.63. The predicted molar refractivity (Wildman–Crippen MR) is 102 cm³/mol. The maximum Gasteiger partial charge on any atom is 0.223 e. The zero-order valence-electron chi connectivity index (χ0n) is 17.3. The number of hydrogen-bond donors (Lipinski definition) is 5. The zero-order valence-corrected chi connectivity index (χ0v) is 14.0. The van der Waals surface area contributed by atoms with Crippen molar-refractivity contribution in [1.82, 2.24) is 5.32 Å². The summed E-state index contributed by atoms with van der Waals surface area (Å²) in [6, 6.07) is -1.61. The van der Waals surface area contributed by atoms with Crippen LogP contribution in [0.25, 0.3) is 0 Å². The number of nitrogens with two attached hydrogens (primary N) is 4. The highest BCUT2D eigenvalue weighted by molar-refractivity contribution is 6.30. The Morgan fingerprint density at radius 1 is 1.04 bits per heavy atom. The van der Waals surface area contributed by atoms with Gasteiger partial charge in [-0.1, -0.05) is 24.4 Å².